The molecule has 1 aromatic heterocycles. The number of nitriles is 1. The lowest BCUT2D eigenvalue weighted by molar-refractivity contribution is -0.116. The highest BCUT2D eigenvalue weighted by molar-refractivity contribution is 8.01. The number of carbonyl (C=O) groups excluding carboxylic acids is 2. The summed E-state index contributed by atoms with van der Waals surface area (Å²) in [7, 11) is 0. The summed E-state index contributed by atoms with van der Waals surface area (Å²) >= 11 is 2.56. The first kappa shape index (κ1) is 26.7. The van der Waals surface area contributed by atoms with Crippen molar-refractivity contribution in [3.63, 3.8) is 0 Å². The number of aryl methyl sites for hydroxylation is 2. The normalized spacial score (nSPS) is 17.2. The maximum atomic E-state index is 13.3. The Hall–Kier alpha value is -3.94. The Morgan fingerprint density at radius 1 is 1.21 bits per heavy atom. The van der Waals surface area contributed by atoms with Crippen LogP contribution in [-0.4, -0.2) is 27.6 Å². The van der Waals surface area contributed by atoms with E-state index in [1.807, 2.05) is 55.5 Å². The maximum Gasteiger partial charge on any atom is 0.234 e. The van der Waals surface area contributed by atoms with Crippen LogP contribution in [0, 0.1) is 18.3 Å². The predicted octanol–water partition coefficient (Wildman–Crippen LogP) is 5.44. The molecule has 3 N–H and O–H groups in total. The summed E-state index contributed by atoms with van der Waals surface area (Å²) in [5.41, 5.74) is 12.2. The largest absolute Gasteiger partial charge is 0.384 e. The first-order valence-corrected chi connectivity index (χ1v) is 14.6. The smallest absolute Gasteiger partial charge is 0.234 e. The number of nitrogens with two attached hydrogens (primary N) is 1. The molecule has 2 heterocycles. The highest BCUT2D eigenvalue weighted by Crippen LogP contribution is 2.47. The molecule has 8 nitrogen and oxygen atoms in total. The van der Waals surface area contributed by atoms with Crippen LogP contribution in [0.3, 0.4) is 0 Å². The number of nitrogens with one attached hydrogen (secondary N) is 1. The van der Waals surface area contributed by atoms with Crippen LogP contribution in [0.2, 0.25) is 0 Å². The fourth-order valence-electron chi connectivity index (χ4n) is 5.03. The Bertz CT molecular complexity index is 1530. The molecule has 2 aliphatic rings. The Labute approximate surface area is 235 Å². The number of hydrogen-bond acceptors (Lipinski definition) is 9. The summed E-state index contributed by atoms with van der Waals surface area (Å²) < 4.78 is 0.595. The van der Waals surface area contributed by atoms with Crippen LogP contribution < -0.4 is 16.0 Å². The van der Waals surface area contributed by atoms with E-state index in [1.54, 1.807) is 4.90 Å². The fourth-order valence-corrected chi connectivity index (χ4v) is 6.71. The van der Waals surface area contributed by atoms with Gasteiger partial charge in [-0.15, -0.1) is 10.2 Å². The van der Waals surface area contributed by atoms with E-state index in [1.165, 1.54) is 28.7 Å². The number of Topliss-reactive ketones (excluding diaryl/α,β-unsaturated/α-hetero) is 1. The van der Waals surface area contributed by atoms with Crippen LogP contribution in [-0.2, 0) is 16.0 Å². The van der Waals surface area contributed by atoms with Crippen LogP contribution in [0.4, 0.5) is 10.8 Å². The van der Waals surface area contributed by atoms with E-state index in [4.69, 9.17) is 5.73 Å². The number of aromatic nitrogens is 2. The van der Waals surface area contributed by atoms with Crippen molar-refractivity contribution in [2.24, 2.45) is 5.73 Å². The van der Waals surface area contributed by atoms with Gasteiger partial charge in [-0.1, -0.05) is 66.4 Å². The van der Waals surface area contributed by atoms with Crippen molar-refractivity contribution in [2.75, 3.05) is 16.0 Å². The zero-order valence-corrected chi connectivity index (χ0v) is 23.4. The molecule has 198 valence electrons. The molecule has 1 atom stereocenters. The van der Waals surface area contributed by atoms with Gasteiger partial charge < -0.3 is 11.1 Å². The molecule has 39 heavy (non-hydrogen) atoms. The van der Waals surface area contributed by atoms with Crippen molar-refractivity contribution >= 4 is 45.6 Å². The summed E-state index contributed by atoms with van der Waals surface area (Å²) in [5.74, 6) is -0.195. The third-order valence-corrected chi connectivity index (χ3v) is 9.01. The van der Waals surface area contributed by atoms with Gasteiger partial charge in [0.2, 0.25) is 11.0 Å². The number of anilines is 2. The quantitative estimate of drug-likeness (QED) is 0.368. The number of rotatable bonds is 7. The minimum atomic E-state index is -0.507. The molecule has 0 radical (unpaired) electrons. The lowest BCUT2D eigenvalue weighted by Crippen LogP contribution is -2.38. The highest BCUT2D eigenvalue weighted by Gasteiger charge is 2.41. The standard InChI is InChI=1S/C29H28N6O2S2/c1-3-18-11-13-19(14-12-18)32-24(37)16-38-29-34-33-28(39-29)35-22-9-6-10-23(36)26(22)25(21(15-30)27(35)31)20-8-5-4-7-17(20)2/h4-5,7-8,11-14,25H,3,6,9-10,16,31H2,1-2H3,(H,32,37). The van der Waals surface area contributed by atoms with E-state index >= 15 is 0 Å². The summed E-state index contributed by atoms with van der Waals surface area (Å²) in [6.07, 6.45) is 2.71. The molecule has 3 aromatic rings. The zero-order chi connectivity index (χ0) is 27.5. The van der Waals surface area contributed by atoms with Gasteiger partial charge in [0, 0.05) is 23.4 Å². The van der Waals surface area contributed by atoms with Crippen molar-refractivity contribution in [3.8, 4) is 6.07 Å². The Morgan fingerprint density at radius 3 is 2.69 bits per heavy atom. The molecule has 0 saturated carbocycles. The topological polar surface area (TPSA) is 125 Å². The molecule has 1 aliphatic heterocycles. The summed E-state index contributed by atoms with van der Waals surface area (Å²) in [6.45, 7) is 4.06. The Morgan fingerprint density at radius 2 is 1.97 bits per heavy atom. The second-order valence-corrected chi connectivity index (χ2v) is 11.6. The first-order valence-electron chi connectivity index (χ1n) is 12.8. The second kappa shape index (κ2) is 11.4. The van der Waals surface area contributed by atoms with Gasteiger partial charge >= 0.3 is 0 Å². The van der Waals surface area contributed by atoms with Gasteiger partial charge in [-0.3, -0.25) is 14.5 Å². The molecule has 5 rings (SSSR count). The fraction of sp³-hybridized carbons (Fsp3) is 0.276. The lowest BCUT2D eigenvalue weighted by atomic mass is 9.75. The van der Waals surface area contributed by atoms with Gasteiger partial charge in [-0.2, -0.15) is 5.26 Å². The van der Waals surface area contributed by atoms with E-state index < -0.39 is 5.92 Å². The molecule has 2 aromatic carbocycles. The lowest BCUT2D eigenvalue weighted by Gasteiger charge is -2.38. The molecule has 1 aliphatic carbocycles. The molecule has 0 fully saturated rings. The number of thioether (sulfide) groups is 1. The van der Waals surface area contributed by atoms with E-state index in [2.05, 4.69) is 28.5 Å². The molecular formula is C29H28N6O2S2. The highest BCUT2D eigenvalue weighted by atomic mass is 32.2. The first-order chi connectivity index (χ1) is 18.9. The molecular weight excluding hydrogens is 528 g/mol. The number of amides is 1. The average molecular weight is 557 g/mol. The average Bonchev–Trinajstić information content (AvgIpc) is 3.41. The number of nitrogens with zero attached hydrogens (tertiary/aromatic N) is 4. The molecule has 0 saturated heterocycles. The van der Waals surface area contributed by atoms with E-state index in [0.717, 1.165) is 28.9 Å². The second-order valence-electron chi connectivity index (χ2n) is 9.41. The van der Waals surface area contributed by atoms with Gasteiger partial charge in [-0.25, -0.2) is 0 Å². The van der Waals surface area contributed by atoms with Crippen LogP contribution in [0.1, 0.15) is 48.8 Å². The van der Waals surface area contributed by atoms with Crippen molar-refractivity contribution in [3.05, 3.63) is 87.9 Å². The van der Waals surface area contributed by atoms with Crippen LogP contribution in [0.15, 0.2) is 75.5 Å². The SMILES string of the molecule is CCc1ccc(NC(=O)CSc2nnc(N3C(N)=C(C#N)C(c4ccccc4C)C4=C3CCCC4=O)s2)cc1. The molecule has 0 spiro atoms. The molecule has 1 amide bonds. The van der Waals surface area contributed by atoms with Crippen molar-refractivity contribution in [2.45, 2.75) is 49.8 Å². The summed E-state index contributed by atoms with van der Waals surface area (Å²) in [6, 6.07) is 17.8. The van der Waals surface area contributed by atoms with Crippen molar-refractivity contribution < 1.29 is 9.59 Å². The molecule has 0 bridgehead atoms. The number of ketones is 1. The van der Waals surface area contributed by atoms with Crippen LogP contribution in [0.5, 0.6) is 0 Å². The van der Waals surface area contributed by atoms with Gasteiger partial charge in [-0.05, 0) is 55.0 Å². The van der Waals surface area contributed by atoms with E-state index in [0.29, 0.717) is 39.9 Å². The van der Waals surface area contributed by atoms with Gasteiger partial charge in [0.05, 0.1) is 23.3 Å². The van der Waals surface area contributed by atoms with Gasteiger partial charge in [0.25, 0.3) is 0 Å². The zero-order valence-electron chi connectivity index (χ0n) is 21.7. The third kappa shape index (κ3) is 5.33. The number of hydrogen-bond donors (Lipinski definition) is 2. The number of benzene rings is 2. The van der Waals surface area contributed by atoms with Gasteiger partial charge in [0.1, 0.15) is 5.82 Å². The van der Waals surface area contributed by atoms with Crippen LogP contribution >= 0.6 is 23.1 Å². The van der Waals surface area contributed by atoms with Crippen molar-refractivity contribution in [1.29, 1.82) is 5.26 Å². The monoisotopic (exact) mass is 556 g/mol. The van der Waals surface area contributed by atoms with Gasteiger partial charge in [0.15, 0.2) is 10.1 Å². The maximum absolute atomic E-state index is 13.3. The Kier molecular flexibility index (Phi) is 7.82. The van der Waals surface area contributed by atoms with Crippen molar-refractivity contribution in [1.82, 2.24) is 10.2 Å². The van der Waals surface area contributed by atoms with Crippen LogP contribution in [0.25, 0.3) is 0 Å². The molecule has 10 heteroatoms. The summed E-state index contributed by atoms with van der Waals surface area (Å²) in [4.78, 5) is 27.5. The Balaban J connectivity index is 1.40. The van der Waals surface area contributed by atoms with E-state index in [-0.39, 0.29) is 23.3 Å². The third-order valence-electron chi connectivity index (χ3n) is 6.97. The molecule has 1 unspecified atom stereocenters. The minimum Gasteiger partial charge on any atom is -0.384 e. The predicted molar refractivity (Wildman–Crippen MR) is 154 cm³/mol. The van der Waals surface area contributed by atoms with E-state index in [9.17, 15) is 14.9 Å². The minimum absolute atomic E-state index is 0.0255. The summed E-state index contributed by atoms with van der Waals surface area (Å²) in [5, 5.41) is 22.2. The number of carbonyl (C=O) groups is 2. The number of allylic oxidation sites excluding steroid dienone is 3.